The Hall–Kier alpha value is -1.36. The largest absolute Gasteiger partial charge is 0.342 e. The Morgan fingerprint density at radius 1 is 1.20 bits per heavy atom. The molecule has 0 aliphatic rings. The van der Waals surface area contributed by atoms with Gasteiger partial charge in [0, 0.05) is 28.7 Å². The number of amides is 1. The molecule has 1 aromatic carbocycles. The molecule has 0 bridgehead atoms. The zero-order valence-electron chi connectivity index (χ0n) is 10.7. The fraction of sp³-hybridized carbons (Fsp3) is 0.143. The van der Waals surface area contributed by atoms with Crippen molar-refractivity contribution in [3.63, 3.8) is 0 Å². The van der Waals surface area contributed by atoms with Gasteiger partial charge in [0.05, 0.1) is 0 Å². The van der Waals surface area contributed by atoms with E-state index in [4.69, 9.17) is 35.4 Å². The molecule has 0 aliphatic heterocycles. The Kier molecular flexibility index (Phi) is 6.71. The lowest BCUT2D eigenvalue weighted by Gasteiger charge is -2.22. The molecule has 0 fully saturated rings. The summed E-state index contributed by atoms with van der Waals surface area (Å²) >= 11 is 16.9. The molecule has 1 N–H and O–H groups in total. The SMILES string of the molecule is C=CCN(CC=C)C(=S)NC(=O)c1cc(Cl)cc(Cl)c1. The molecular weight excluding hydrogens is 315 g/mol. The first-order valence-corrected chi connectivity index (χ1v) is 6.92. The molecule has 0 atom stereocenters. The van der Waals surface area contributed by atoms with Gasteiger partial charge in [0.1, 0.15) is 0 Å². The minimum atomic E-state index is -0.363. The monoisotopic (exact) mass is 328 g/mol. The Labute approximate surface area is 133 Å². The minimum absolute atomic E-state index is 0.297. The average Bonchev–Trinajstić information content (AvgIpc) is 2.37. The predicted molar refractivity (Wildman–Crippen MR) is 88.5 cm³/mol. The average molecular weight is 329 g/mol. The van der Waals surface area contributed by atoms with Crippen LogP contribution in [0.4, 0.5) is 0 Å². The van der Waals surface area contributed by atoms with Crippen molar-refractivity contribution in [3.05, 3.63) is 59.1 Å². The van der Waals surface area contributed by atoms with E-state index in [0.717, 1.165) is 0 Å². The van der Waals surface area contributed by atoms with E-state index >= 15 is 0 Å². The third-order valence-corrected chi connectivity index (χ3v) is 3.13. The van der Waals surface area contributed by atoms with Crippen LogP contribution < -0.4 is 5.32 Å². The number of nitrogens with zero attached hydrogens (tertiary/aromatic N) is 1. The summed E-state index contributed by atoms with van der Waals surface area (Å²) in [6, 6.07) is 4.60. The second-order valence-electron chi connectivity index (χ2n) is 3.90. The van der Waals surface area contributed by atoms with Gasteiger partial charge in [-0.1, -0.05) is 35.4 Å². The standard InChI is InChI=1S/C14H14Cl2N2OS/c1-3-5-18(6-4-2)14(20)17-13(19)10-7-11(15)9-12(16)8-10/h3-4,7-9H,1-2,5-6H2,(H,17,19,20). The van der Waals surface area contributed by atoms with E-state index in [0.29, 0.717) is 33.8 Å². The molecular formula is C14H14Cl2N2OS. The Morgan fingerprint density at radius 3 is 2.15 bits per heavy atom. The topological polar surface area (TPSA) is 32.3 Å². The summed E-state index contributed by atoms with van der Waals surface area (Å²) in [5.74, 6) is -0.363. The second kappa shape index (κ2) is 8.04. The van der Waals surface area contributed by atoms with Crippen LogP contribution in [0.3, 0.4) is 0 Å². The van der Waals surface area contributed by atoms with Gasteiger partial charge in [-0.15, -0.1) is 13.2 Å². The van der Waals surface area contributed by atoms with Gasteiger partial charge in [0.2, 0.25) is 0 Å². The van der Waals surface area contributed by atoms with Crippen molar-refractivity contribution in [1.82, 2.24) is 10.2 Å². The van der Waals surface area contributed by atoms with E-state index in [9.17, 15) is 4.79 Å². The van der Waals surface area contributed by atoms with Crippen LogP contribution in [-0.4, -0.2) is 29.0 Å². The van der Waals surface area contributed by atoms with Crippen LogP contribution in [0.5, 0.6) is 0 Å². The summed E-state index contributed by atoms with van der Waals surface area (Å²) < 4.78 is 0. The Bertz CT molecular complexity index is 516. The molecule has 0 spiro atoms. The van der Waals surface area contributed by atoms with Crippen molar-refractivity contribution in [3.8, 4) is 0 Å². The second-order valence-corrected chi connectivity index (χ2v) is 5.16. The zero-order valence-corrected chi connectivity index (χ0v) is 13.1. The van der Waals surface area contributed by atoms with E-state index in [-0.39, 0.29) is 5.91 Å². The van der Waals surface area contributed by atoms with Crippen molar-refractivity contribution in [2.75, 3.05) is 13.1 Å². The number of hydrogen-bond acceptors (Lipinski definition) is 2. The van der Waals surface area contributed by atoms with Crippen LogP contribution >= 0.6 is 35.4 Å². The van der Waals surface area contributed by atoms with Gasteiger partial charge >= 0.3 is 0 Å². The molecule has 0 heterocycles. The van der Waals surface area contributed by atoms with E-state index in [1.165, 1.54) is 12.1 Å². The number of halogens is 2. The highest BCUT2D eigenvalue weighted by Crippen LogP contribution is 2.18. The number of thiocarbonyl (C=S) groups is 1. The highest BCUT2D eigenvalue weighted by molar-refractivity contribution is 7.80. The van der Waals surface area contributed by atoms with Crippen molar-refractivity contribution >= 4 is 46.4 Å². The van der Waals surface area contributed by atoms with E-state index in [1.54, 1.807) is 23.1 Å². The number of carbonyl (C=O) groups excluding carboxylic acids is 1. The fourth-order valence-electron chi connectivity index (χ4n) is 1.49. The van der Waals surface area contributed by atoms with Gasteiger partial charge in [0.25, 0.3) is 5.91 Å². The summed E-state index contributed by atoms with van der Waals surface area (Å²) in [5.41, 5.74) is 0.349. The van der Waals surface area contributed by atoms with Crippen LogP contribution in [0.15, 0.2) is 43.5 Å². The smallest absolute Gasteiger partial charge is 0.257 e. The molecule has 1 aromatic rings. The molecule has 0 aromatic heterocycles. The van der Waals surface area contributed by atoms with Crippen molar-refractivity contribution in [1.29, 1.82) is 0 Å². The lowest BCUT2D eigenvalue weighted by Crippen LogP contribution is -2.42. The fourth-order valence-corrected chi connectivity index (χ4v) is 2.25. The number of hydrogen-bond donors (Lipinski definition) is 1. The summed E-state index contributed by atoms with van der Waals surface area (Å²) in [6.07, 6.45) is 3.39. The van der Waals surface area contributed by atoms with Crippen molar-refractivity contribution in [2.45, 2.75) is 0 Å². The molecule has 1 rings (SSSR count). The number of carbonyl (C=O) groups is 1. The lowest BCUT2D eigenvalue weighted by atomic mass is 10.2. The summed E-state index contributed by atoms with van der Waals surface area (Å²) in [7, 11) is 0. The lowest BCUT2D eigenvalue weighted by molar-refractivity contribution is 0.0974. The number of nitrogens with one attached hydrogen (secondary N) is 1. The molecule has 0 unspecified atom stereocenters. The van der Waals surface area contributed by atoms with Crippen LogP contribution in [0.25, 0.3) is 0 Å². The maximum absolute atomic E-state index is 12.1. The number of rotatable bonds is 5. The first kappa shape index (κ1) is 16.7. The van der Waals surface area contributed by atoms with Gasteiger partial charge < -0.3 is 4.90 Å². The predicted octanol–water partition coefficient (Wildman–Crippen LogP) is 3.68. The number of benzene rings is 1. The molecule has 20 heavy (non-hydrogen) atoms. The first-order chi connectivity index (χ1) is 9.47. The zero-order chi connectivity index (χ0) is 15.1. The third-order valence-electron chi connectivity index (χ3n) is 2.33. The van der Waals surface area contributed by atoms with Gasteiger partial charge in [-0.2, -0.15) is 0 Å². The van der Waals surface area contributed by atoms with Crippen molar-refractivity contribution < 1.29 is 4.79 Å². The van der Waals surface area contributed by atoms with Crippen molar-refractivity contribution in [2.24, 2.45) is 0 Å². The highest BCUT2D eigenvalue weighted by atomic mass is 35.5. The summed E-state index contributed by atoms with van der Waals surface area (Å²) in [4.78, 5) is 13.8. The highest BCUT2D eigenvalue weighted by Gasteiger charge is 2.13. The third kappa shape index (κ3) is 4.96. The molecule has 6 heteroatoms. The van der Waals surface area contributed by atoms with Gasteiger partial charge in [-0.25, -0.2) is 0 Å². The molecule has 106 valence electrons. The minimum Gasteiger partial charge on any atom is -0.342 e. The van der Waals surface area contributed by atoms with Crippen LogP contribution in [0, 0.1) is 0 Å². The quantitative estimate of drug-likeness (QED) is 0.661. The van der Waals surface area contributed by atoms with Crippen LogP contribution in [0.2, 0.25) is 10.0 Å². The molecule has 0 saturated carbocycles. The molecule has 3 nitrogen and oxygen atoms in total. The summed E-state index contributed by atoms with van der Waals surface area (Å²) in [5, 5.41) is 3.71. The van der Waals surface area contributed by atoms with Gasteiger partial charge in [0.15, 0.2) is 5.11 Å². The summed E-state index contributed by atoms with van der Waals surface area (Å²) in [6.45, 7) is 8.32. The van der Waals surface area contributed by atoms with Gasteiger partial charge in [-0.05, 0) is 30.4 Å². The van der Waals surface area contributed by atoms with Crippen LogP contribution in [-0.2, 0) is 0 Å². The Balaban J connectivity index is 2.80. The van der Waals surface area contributed by atoms with E-state index in [1.807, 2.05) is 0 Å². The molecule has 0 radical (unpaired) electrons. The van der Waals surface area contributed by atoms with E-state index < -0.39 is 0 Å². The Morgan fingerprint density at radius 2 is 1.70 bits per heavy atom. The maximum atomic E-state index is 12.1. The molecule has 0 saturated heterocycles. The first-order valence-electron chi connectivity index (χ1n) is 5.76. The van der Waals surface area contributed by atoms with Crippen LogP contribution in [0.1, 0.15) is 10.4 Å². The normalized spacial score (nSPS) is 9.70. The van der Waals surface area contributed by atoms with E-state index in [2.05, 4.69) is 18.5 Å². The molecule has 0 aliphatic carbocycles. The molecule has 1 amide bonds. The maximum Gasteiger partial charge on any atom is 0.257 e. The van der Waals surface area contributed by atoms with Gasteiger partial charge in [-0.3, -0.25) is 10.1 Å².